The minimum Gasteiger partial charge on any atom is -0.447 e. The number of aryl methyl sites for hydroxylation is 1. The molecule has 4 rings (SSSR count). The highest BCUT2D eigenvalue weighted by molar-refractivity contribution is 6.07. The van der Waals surface area contributed by atoms with Gasteiger partial charge in [0, 0.05) is 11.3 Å². The number of hydrogen-bond acceptors (Lipinski definition) is 6. The molecule has 2 aromatic heterocycles. The van der Waals surface area contributed by atoms with Gasteiger partial charge in [-0.3, -0.25) is 9.89 Å². The van der Waals surface area contributed by atoms with Crippen LogP contribution in [-0.2, 0) is 0 Å². The summed E-state index contributed by atoms with van der Waals surface area (Å²) in [5.41, 5.74) is 2.40. The number of fused-ring (bicyclic) bond motifs is 1. The van der Waals surface area contributed by atoms with Gasteiger partial charge in [0.15, 0.2) is 17.9 Å². The lowest BCUT2D eigenvalue weighted by Crippen LogP contribution is -2.27. The monoisotopic (exact) mass is 350 g/mol. The summed E-state index contributed by atoms with van der Waals surface area (Å²) in [5.74, 6) is 0.891. The molecular weight excluding hydrogens is 332 g/mol. The lowest BCUT2D eigenvalue weighted by Gasteiger charge is -2.20. The summed E-state index contributed by atoms with van der Waals surface area (Å²) in [6.45, 7) is 3.65. The molecule has 1 aliphatic rings. The van der Waals surface area contributed by atoms with Crippen LogP contribution in [0.4, 0.5) is 5.82 Å². The molecule has 0 atom stereocenters. The Balaban J connectivity index is 1.61. The fraction of sp³-hybridized carbons (Fsp3) is 0.333. The van der Waals surface area contributed by atoms with E-state index in [1.165, 1.54) is 6.39 Å². The Labute approximate surface area is 149 Å². The van der Waals surface area contributed by atoms with Crippen molar-refractivity contribution in [3.05, 3.63) is 41.1 Å². The third kappa shape index (κ3) is 2.82. The molecule has 0 unspecified atom stereocenters. The number of anilines is 1. The number of amides is 1. The number of hydrogen-bond donors (Lipinski definition) is 3. The van der Waals surface area contributed by atoms with Crippen LogP contribution in [0.1, 0.15) is 46.1 Å². The number of aromatic nitrogens is 3. The zero-order chi connectivity index (χ0) is 18.1. The molecule has 0 saturated carbocycles. The number of aromatic amines is 1. The number of rotatable bonds is 3. The lowest BCUT2D eigenvalue weighted by molar-refractivity contribution is 0.101. The molecule has 1 aliphatic heterocycles. The van der Waals surface area contributed by atoms with Crippen LogP contribution in [0.25, 0.3) is 10.9 Å². The first-order chi connectivity index (χ1) is 12.7. The summed E-state index contributed by atoms with van der Waals surface area (Å²) < 4.78 is 5.52. The van der Waals surface area contributed by atoms with Crippen LogP contribution in [0.3, 0.4) is 0 Å². The molecule has 1 amide bonds. The second kappa shape index (κ2) is 6.61. The maximum Gasteiger partial charge on any atom is 0.279 e. The summed E-state index contributed by atoms with van der Waals surface area (Å²) in [6.07, 6.45) is 3.14. The van der Waals surface area contributed by atoms with Gasteiger partial charge >= 0.3 is 0 Å². The predicted octanol–water partition coefficient (Wildman–Crippen LogP) is 2.45. The zero-order valence-electron chi connectivity index (χ0n) is 14.3. The fourth-order valence-corrected chi connectivity index (χ4v) is 3.35. The van der Waals surface area contributed by atoms with Crippen LogP contribution < -0.4 is 10.6 Å². The molecule has 3 heterocycles. The maximum atomic E-state index is 12.7. The number of benzene rings is 1. The van der Waals surface area contributed by atoms with Crippen LogP contribution in [0.5, 0.6) is 0 Å². The Bertz CT molecular complexity index is 1010. The maximum absolute atomic E-state index is 12.7. The van der Waals surface area contributed by atoms with E-state index >= 15 is 0 Å². The van der Waals surface area contributed by atoms with Crippen molar-refractivity contribution in [2.24, 2.45) is 0 Å². The second-order valence-electron chi connectivity index (χ2n) is 6.44. The van der Waals surface area contributed by atoms with Gasteiger partial charge in [0.05, 0.1) is 17.1 Å². The van der Waals surface area contributed by atoms with Gasteiger partial charge in [0.2, 0.25) is 0 Å². The van der Waals surface area contributed by atoms with Crippen LogP contribution in [0.2, 0.25) is 0 Å². The highest BCUT2D eigenvalue weighted by Gasteiger charge is 2.26. The minimum atomic E-state index is -0.345. The molecule has 1 fully saturated rings. The SMILES string of the molecule is Cc1cc2c(NC(=O)c3ncoc3C3CCNCC3)n[nH]c2cc1C#N. The first-order valence-corrected chi connectivity index (χ1v) is 8.51. The van der Waals surface area contributed by atoms with Gasteiger partial charge in [-0.1, -0.05) is 0 Å². The third-order valence-electron chi connectivity index (χ3n) is 4.78. The Hall–Kier alpha value is -3.18. The predicted molar refractivity (Wildman–Crippen MR) is 94.8 cm³/mol. The first-order valence-electron chi connectivity index (χ1n) is 8.51. The van der Waals surface area contributed by atoms with Crippen molar-refractivity contribution >= 4 is 22.6 Å². The number of H-pyrrole nitrogens is 1. The molecular formula is C18H18N6O2. The van der Waals surface area contributed by atoms with Crippen molar-refractivity contribution in [3.8, 4) is 6.07 Å². The summed E-state index contributed by atoms with van der Waals surface area (Å²) in [6, 6.07) is 5.70. The Kier molecular flexibility index (Phi) is 4.14. The van der Waals surface area contributed by atoms with Crippen molar-refractivity contribution in [2.75, 3.05) is 18.4 Å². The fourth-order valence-electron chi connectivity index (χ4n) is 3.35. The normalized spacial score (nSPS) is 15.1. The molecule has 0 spiro atoms. The largest absolute Gasteiger partial charge is 0.447 e. The van der Waals surface area contributed by atoms with Crippen molar-refractivity contribution in [1.82, 2.24) is 20.5 Å². The van der Waals surface area contributed by atoms with Crippen LogP contribution in [0, 0.1) is 18.3 Å². The van der Waals surface area contributed by atoms with E-state index in [9.17, 15) is 4.79 Å². The van der Waals surface area contributed by atoms with Gasteiger partial charge in [-0.2, -0.15) is 10.4 Å². The van der Waals surface area contributed by atoms with Gasteiger partial charge in [0.1, 0.15) is 5.76 Å². The van der Waals surface area contributed by atoms with E-state index in [1.54, 1.807) is 6.07 Å². The quantitative estimate of drug-likeness (QED) is 0.667. The number of piperidine rings is 1. The molecule has 1 saturated heterocycles. The van der Waals surface area contributed by atoms with E-state index in [0.717, 1.165) is 36.9 Å². The number of nitriles is 1. The van der Waals surface area contributed by atoms with E-state index in [1.807, 2.05) is 13.0 Å². The molecule has 8 nitrogen and oxygen atoms in total. The number of nitrogens with one attached hydrogen (secondary N) is 3. The highest BCUT2D eigenvalue weighted by atomic mass is 16.3. The zero-order valence-corrected chi connectivity index (χ0v) is 14.3. The standard InChI is InChI=1S/C18H18N6O2/c1-10-6-13-14(7-12(10)8-19)23-24-17(13)22-18(25)15-16(26-9-21-15)11-2-4-20-5-3-11/h6-7,9,11,20H,2-5H2,1H3,(H2,22,23,24,25). The summed E-state index contributed by atoms with van der Waals surface area (Å²) in [5, 5.41) is 23.0. The van der Waals surface area contributed by atoms with Crippen molar-refractivity contribution < 1.29 is 9.21 Å². The molecule has 0 bridgehead atoms. The average molecular weight is 350 g/mol. The van der Waals surface area contributed by atoms with Crippen molar-refractivity contribution in [1.29, 1.82) is 5.26 Å². The number of carbonyl (C=O) groups is 1. The molecule has 0 radical (unpaired) electrons. The Morgan fingerprint density at radius 1 is 1.38 bits per heavy atom. The molecule has 3 aromatic rings. The van der Waals surface area contributed by atoms with Crippen LogP contribution >= 0.6 is 0 Å². The summed E-state index contributed by atoms with van der Waals surface area (Å²) in [4.78, 5) is 16.8. The number of oxazole rings is 1. The van der Waals surface area contributed by atoms with Crippen molar-refractivity contribution in [3.63, 3.8) is 0 Å². The Morgan fingerprint density at radius 2 is 2.19 bits per heavy atom. The van der Waals surface area contributed by atoms with Crippen LogP contribution in [-0.4, -0.2) is 34.2 Å². The van der Waals surface area contributed by atoms with Gasteiger partial charge < -0.3 is 15.1 Å². The summed E-state index contributed by atoms with van der Waals surface area (Å²) >= 11 is 0. The topological polar surface area (TPSA) is 120 Å². The van der Waals surface area contributed by atoms with E-state index in [2.05, 4.69) is 31.9 Å². The summed E-state index contributed by atoms with van der Waals surface area (Å²) in [7, 11) is 0. The molecule has 26 heavy (non-hydrogen) atoms. The number of carbonyl (C=O) groups excluding carboxylic acids is 1. The van der Waals surface area contributed by atoms with E-state index in [-0.39, 0.29) is 11.8 Å². The Morgan fingerprint density at radius 3 is 2.96 bits per heavy atom. The van der Waals surface area contributed by atoms with Crippen molar-refractivity contribution in [2.45, 2.75) is 25.7 Å². The van der Waals surface area contributed by atoms with Gasteiger partial charge in [-0.25, -0.2) is 4.98 Å². The van der Waals surface area contributed by atoms with Gasteiger partial charge in [-0.15, -0.1) is 0 Å². The molecule has 1 aromatic carbocycles. The van der Waals surface area contributed by atoms with E-state index in [0.29, 0.717) is 28.4 Å². The molecule has 132 valence electrons. The van der Waals surface area contributed by atoms with E-state index < -0.39 is 0 Å². The van der Waals surface area contributed by atoms with E-state index in [4.69, 9.17) is 9.68 Å². The molecule has 8 heteroatoms. The van der Waals surface area contributed by atoms with Crippen LogP contribution in [0.15, 0.2) is 22.9 Å². The third-order valence-corrected chi connectivity index (χ3v) is 4.78. The first kappa shape index (κ1) is 16.3. The molecule has 0 aliphatic carbocycles. The highest BCUT2D eigenvalue weighted by Crippen LogP contribution is 2.29. The number of nitrogens with zero attached hydrogens (tertiary/aromatic N) is 3. The second-order valence-corrected chi connectivity index (χ2v) is 6.44. The van der Waals surface area contributed by atoms with Gasteiger partial charge in [-0.05, 0) is 50.6 Å². The van der Waals surface area contributed by atoms with Gasteiger partial charge in [0.25, 0.3) is 5.91 Å². The smallest absolute Gasteiger partial charge is 0.279 e. The average Bonchev–Trinajstić information content (AvgIpc) is 3.29. The molecule has 3 N–H and O–H groups in total. The minimum absolute atomic E-state index is 0.191. The lowest BCUT2D eigenvalue weighted by atomic mass is 9.94.